The zero-order valence-corrected chi connectivity index (χ0v) is 21.9. The predicted molar refractivity (Wildman–Crippen MR) is 137 cm³/mol. The third-order valence-corrected chi connectivity index (χ3v) is 16.2. The Morgan fingerprint density at radius 3 is 2.37 bits per heavy atom. The van der Waals surface area contributed by atoms with Crippen LogP contribution in [-0.2, 0) is 0 Å². The Morgan fingerprint density at radius 2 is 1.60 bits per heavy atom. The minimum atomic E-state index is -2.47. The molecule has 30 heavy (non-hydrogen) atoms. The van der Waals surface area contributed by atoms with Gasteiger partial charge in [-0.3, -0.25) is 0 Å². The van der Waals surface area contributed by atoms with Gasteiger partial charge in [0.15, 0.2) is 0 Å². The molecule has 0 bridgehead atoms. The van der Waals surface area contributed by atoms with Crippen molar-refractivity contribution in [3.8, 4) is 22.4 Å². The van der Waals surface area contributed by atoms with E-state index in [1.807, 2.05) is 6.20 Å². The quantitative estimate of drug-likeness (QED) is 0.352. The number of rotatable bonds is 2. The zero-order chi connectivity index (χ0) is 21.3. The Balaban J connectivity index is 1.76. The molecule has 150 valence electrons. The molecule has 0 aliphatic carbocycles. The Kier molecular flexibility index (Phi) is 4.39. The molecule has 0 spiro atoms. The van der Waals surface area contributed by atoms with Crippen molar-refractivity contribution < 1.29 is 0 Å². The molecule has 0 radical (unpaired) electrons. The fourth-order valence-electron chi connectivity index (χ4n) is 5.07. The van der Waals surface area contributed by atoms with Crippen LogP contribution in [0.4, 0.5) is 0 Å². The molecule has 5 rings (SSSR count). The summed E-state index contributed by atoms with van der Waals surface area (Å²) in [5, 5.41) is 4.20. The summed E-state index contributed by atoms with van der Waals surface area (Å²) in [4.78, 5) is 4.97. The molecule has 1 nitrogen and oxygen atoms in total. The van der Waals surface area contributed by atoms with Gasteiger partial charge in [-0.1, -0.05) is 0 Å². The number of nitrogens with zero attached hydrogens (tertiary/aromatic N) is 1. The maximum absolute atomic E-state index is 4.97. The first-order chi connectivity index (χ1) is 14.2. The van der Waals surface area contributed by atoms with E-state index in [0.29, 0.717) is 0 Å². The van der Waals surface area contributed by atoms with Crippen LogP contribution < -0.4 is 14.0 Å². The summed E-state index contributed by atoms with van der Waals surface area (Å²) in [7, 11) is -1.34. The molecule has 1 aliphatic rings. The number of benzene rings is 3. The van der Waals surface area contributed by atoms with Gasteiger partial charge in [0.2, 0.25) is 0 Å². The zero-order valence-electron chi connectivity index (χ0n) is 18.8. The van der Waals surface area contributed by atoms with E-state index < -0.39 is 21.3 Å². The fourth-order valence-corrected chi connectivity index (χ4v) is 13.6. The molecule has 0 atom stereocenters. The second-order valence-corrected chi connectivity index (χ2v) is 24.3. The summed E-state index contributed by atoms with van der Waals surface area (Å²) in [5.41, 5.74) is 6.67. The van der Waals surface area contributed by atoms with E-state index >= 15 is 0 Å². The van der Waals surface area contributed by atoms with Crippen LogP contribution in [-0.4, -0.2) is 26.3 Å². The van der Waals surface area contributed by atoms with Gasteiger partial charge in [-0.2, -0.15) is 0 Å². The van der Waals surface area contributed by atoms with Crippen LogP contribution in [0.1, 0.15) is 5.56 Å². The van der Waals surface area contributed by atoms with E-state index in [2.05, 4.69) is 98.7 Å². The number of hydrogen-bond donors (Lipinski definition) is 0. The number of fused-ring (bicyclic) bond motifs is 4. The first-order valence-electron chi connectivity index (χ1n) is 10.8. The molecule has 0 saturated carbocycles. The molecule has 2 heterocycles. The van der Waals surface area contributed by atoms with Crippen LogP contribution in [0, 0.1) is 6.92 Å². The van der Waals surface area contributed by atoms with Gasteiger partial charge in [0.1, 0.15) is 0 Å². The van der Waals surface area contributed by atoms with E-state index in [9.17, 15) is 0 Å². The van der Waals surface area contributed by atoms with Crippen molar-refractivity contribution in [1.29, 1.82) is 0 Å². The van der Waals surface area contributed by atoms with E-state index in [0.717, 1.165) is 0 Å². The van der Waals surface area contributed by atoms with Crippen LogP contribution >= 0.6 is 0 Å². The van der Waals surface area contributed by atoms with Crippen LogP contribution in [0.5, 0.6) is 0 Å². The molecular weight excluding hydrogens is 439 g/mol. The normalized spacial score (nSPS) is 14.6. The second-order valence-electron chi connectivity index (χ2n) is 10.2. The number of pyridine rings is 1. The molecular formula is C27H29GeNSi. The maximum atomic E-state index is 4.97. The Labute approximate surface area is 183 Å². The topological polar surface area (TPSA) is 12.9 Å². The van der Waals surface area contributed by atoms with Gasteiger partial charge < -0.3 is 0 Å². The first kappa shape index (κ1) is 19.8. The average Bonchev–Trinajstić information content (AvgIpc) is 2.94. The Bertz CT molecular complexity index is 1310. The first-order valence-corrected chi connectivity index (χ1v) is 20.6. The Hall–Kier alpha value is -2.17. The van der Waals surface area contributed by atoms with Crippen molar-refractivity contribution in [1.82, 2.24) is 4.98 Å². The van der Waals surface area contributed by atoms with Gasteiger partial charge in [0.25, 0.3) is 0 Å². The van der Waals surface area contributed by atoms with Crippen molar-refractivity contribution >= 4 is 46.1 Å². The number of aryl methyl sites for hydroxylation is 1. The summed E-state index contributed by atoms with van der Waals surface area (Å²) in [6, 6.07) is 23.0. The van der Waals surface area contributed by atoms with Gasteiger partial charge in [-0.25, -0.2) is 0 Å². The molecule has 4 aromatic rings. The molecule has 0 unspecified atom stereocenters. The van der Waals surface area contributed by atoms with Crippen LogP contribution in [0.2, 0.25) is 31.2 Å². The van der Waals surface area contributed by atoms with E-state index in [1.165, 1.54) is 38.7 Å². The van der Waals surface area contributed by atoms with E-state index in [-0.39, 0.29) is 0 Å². The van der Waals surface area contributed by atoms with Crippen LogP contribution in [0.25, 0.3) is 33.2 Å². The van der Waals surface area contributed by atoms with Gasteiger partial charge in [-0.05, 0) is 0 Å². The average molecular weight is 468 g/mol. The van der Waals surface area contributed by atoms with Gasteiger partial charge >= 0.3 is 184 Å². The van der Waals surface area contributed by atoms with Crippen molar-refractivity contribution in [2.75, 3.05) is 0 Å². The summed E-state index contributed by atoms with van der Waals surface area (Å²) >= 11 is -2.47. The van der Waals surface area contributed by atoms with Gasteiger partial charge in [0, 0.05) is 0 Å². The molecule has 1 aliphatic heterocycles. The summed E-state index contributed by atoms with van der Waals surface area (Å²) < 4.78 is 3.19. The molecule has 0 fully saturated rings. The number of hydrogen-bond acceptors (Lipinski definition) is 1. The van der Waals surface area contributed by atoms with Crippen molar-refractivity contribution in [3.63, 3.8) is 0 Å². The van der Waals surface area contributed by atoms with Gasteiger partial charge in [-0.15, -0.1) is 0 Å². The molecule has 3 aromatic carbocycles. The molecule has 0 saturated heterocycles. The van der Waals surface area contributed by atoms with Crippen LogP contribution in [0.3, 0.4) is 0 Å². The van der Waals surface area contributed by atoms with Gasteiger partial charge in [0.05, 0.1) is 0 Å². The molecule has 3 heteroatoms. The summed E-state index contributed by atoms with van der Waals surface area (Å²) in [6.07, 6.45) is 2.01. The minimum absolute atomic E-state index is 1.21. The van der Waals surface area contributed by atoms with E-state index in [4.69, 9.17) is 4.98 Å². The van der Waals surface area contributed by atoms with Crippen molar-refractivity contribution in [3.05, 3.63) is 72.4 Å². The monoisotopic (exact) mass is 469 g/mol. The Morgan fingerprint density at radius 1 is 0.833 bits per heavy atom. The van der Waals surface area contributed by atoms with E-state index in [1.54, 1.807) is 14.0 Å². The second kappa shape index (κ2) is 6.66. The summed E-state index contributed by atoms with van der Waals surface area (Å²) in [5.74, 6) is 5.11. The third kappa shape index (κ3) is 2.92. The standard InChI is InChI=1S/C27H29GeNSi/c1-18-15-20(16-19-9-7-8-10-22(18)19)27-26-24(13-14-29-27)23-12-11-21(30(4,5)6)17-25(23)28(26,2)3/h7-17H,1-6H3. The number of aromatic nitrogens is 1. The molecule has 0 N–H and O–H groups in total. The van der Waals surface area contributed by atoms with Crippen molar-refractivity contribution in [2.24, 2.45) is 0 Å². The fraction of sp³-hybridized carbons (Fsp3) is 0.222. The third-order valence-electron chi connectivity index (χ3n) is 6.77. The van der Waals surface area contributed by atoms with Crippen LogP contribution in [0.15, 0.2) is 66.9 Å². The molecule has 1 aromatic heterocycles. The SMILES string of the molecule is Cc1cc(-c2nccc3[c]2[Ge]([CH3])([CH3])[c]2cc([Si](C)(C)C)ccc2-3)cc2ccccc12. The predicted octanol–water partition coefficient (Wildman–Crippen LogP) is 5.56. The molecule has 0 amide bonds. The summed E-state index contributed by atoms with van der Waals surface area (Å²) in [6.45, 7) is 9.56. The van der Waals surface area contributed by atoms with Crippen molar-refractivity contribution in [2.45, 2.75) is 38.1 Å².